The van der Waals surface area contributed by atoms with Gasteiger partial charge in [-0.25, -0.2) is 4.79 Å². The lowest BCUT2D eigenvalue weighted by Gasteiger charge is -2.15. The molecule has 2 aromatic rings. The fourth-order valence-electron chi connectivity index (χ4n) is 2.12. The second-order valence-corrected chi connectivity index (χ2v) is 6.05. The molecule has 130 valence electrons. The monoisotopic (exact) mass is 406 g/mol. The van der Waals surface area contributed by atoms with E-state index in [2.05, 4.69) is 21.2 Å². The first-order chi connectivity index (χ1) is 11.9. The number of carbonyl (C=O) groups is 2. The Morgan fingerprint density at radius 1 is 1.20 bits per heavy atom. The number of amides is 1. The predicted molar refractivity (Wildman–Crippen MR) is 94.1 cm³/mol. The van der Waals surface area contributed by atoms with Crippen LogP contribution < -0.4 is 5.32 Å². The number of non-ortho nitro benzene ring substituents is 1. The maximum atomic E-state index is 11.9. The van der Waals surface area contributed by atoms with E-state index >= 15 is 0 Å². The molecule has 0 aliphatic heterocycles. The molecule has 0 aliphatic rings. The van der Waals surface area contributed by atoms with Crippen molar-refractivity contribution in [3.63, 3.8) is 0 Å². The first kappa shape index (κ1) is 18.6. The average molecular weight is 407 g/mol. The van der Waals surface area contributed by atoms with Crippen molar-refractivity contribution < 1.29 is 19.2 Å². The van der Waals surface area contributed by atoms with Crippen LogP contribution >= 0.6 is 15.9 Å². The molecular formula is C17H15BrN2O5. The van der Waals surface area contributed by atoms with Gasteiger partial charge in [-0.2, -0.15) is 0 Å². The molecule has 7 nitrogen and oxygen atoms in total. The summed E-state index contributed by atoms with van der Waals surface area (Å²) in [5, 5.41) is 13.3. The number of esters is 1. The molecule has 0 heterocycles. The highest BCUT2D eigenvalue weighted by atomic mass is 79.9. The fourth-order valence-corrected chi connectivity index (χ4v) is 2.75. The van der Waals surface area contributed by atoms with E-state index in [1.807, 2.05) is 31.2 Å². The zero-order chi connectivity index (χ0) is 18.4. The van der Waals surface area contributed by atoms with Crippen LogP contribution in [0.5, 0.6) is 0 Å². The molecule has 0 unspecified atom stereocenters. The Hall–Kier alpha value is -2.74. The molecule has 2 rings (SSSR count). The van der Waals surface area contributed by atoms with Crippen molar-refractivity contribution in [3.05, 3.63) is 74.2 Å². The molecule has 0 spiro atoms. The van der Waals surface area contributed by atoms with Gasteiger partial charge in [0.1, 0.15) is 0 Å². The van der Waals surface area contributed by atoms with Gasteiger partial charge in [0.2, 0.25) is 0 Å². The third kappa shape index (κ3) is 5.12. The lowest BCUT2D eigenvalue weighted by atomic mass is 10.1. The SMILES string of the molecule is C[C@H](NC(=O)COC(=O)c1ccc([N+](=O)[O-])cc1)c1ccccc1Br. The topological polar surface area (TPSA) is 98.5 Å². The Morgan fingerprint density at radius 2 is 1.84 bits per heavy atom. The zero-order valence-electron chi connectivity index (χ0n) is 13.3. The summed E-state index contributed by atoms with van der Waals surface area (Å²) in [5.41, 5.74) is 0.909. The first-order valence-corrected chi connectivity index (χ1v) is 8.13. The van der Waals surface area contributed by atoms with Crippen molar-refractivity contribution in [2.45, 2.75) is 13.0 Å². The summed E-state index contributed by atoms with van der Waals surface area (Å²) < 4.78 is 5.79. The van der Waals surface area contributed by atoms with E-state index in [4.69, 9.17) is 4.74 Å². The second-order valence-electron chi connectivity index (χ2n) is 5.19. The molecule has 25 heavy (non-hydrogen) atoms. The predicted octanol–water partition coefficient (Wildman–Crippen LogP) is 3.39. The van der Waals surface area contributed by atoms with Gasteiger partial charge in [-0.05, 0) is 30.7 Å². The van der Waals surface area contributed by atoms with Crippen molar-refractivity contribution in [1.82, 2.24) is 5.32 Å². The van der Waals surface area contributed by atoms with Crippen LogP contribution in [0.4, 0.5) is 5.69 Å². The van der Waals surface area contributed by atoms with Crippen molar-refractivity contribution >= 4 is 33.5 Å². The lowest BCUT2D eigenvalue weighted by Crippen LogP contribution is -2.31. The number of halogens is 1. The summed E-state index contributed by atoms with van der Waals surface area (Å²) in [6.45, 7) is 1.38. The number of rotatable bonds is 6. The lowest BCUT2D eigenvalue weighted by molar-refractivity contribution is -0.384. The normalized spacial score (nSPS) is 11.4. The summed E-state index contributed by atoms with van der Waals surface area (Å²) >= 11 is 3.41. The molecule has 0 aromatic heterocycles. The van der Waals surface area contributed by atoms with Gasteiger partial charge in [0.25, 0.3) is 11.6 Å². The number of hydrogen-bond donors (Lipinski definition) is 1. The zero-order valence-corrected chi connectivity index (χ0v) is 14.9. The Bertz CT molecular complexity index is 792. The molecule has 2 aromatic carbocycles. The fraction of sp³-hybridized carbons (Fsp3) is 0.176. The van der Waals surface area contributed by atoms with Crippen molar-refractivity contribution in [1.29, 1.82) is 0 Å². The Morgan fingerprint density at radius 3 is 2.44 bits per heavy atom. The van der Waals surface area contributed by atoms with Gasteiger partial charge in [0.15, 0.2) is 6.61 Å². The minimum Gasteiger partial charge on any atom is -0.452 e. The smallest absolute Gasteiger partial charge is 0.338 e. The van der Waals surface area contributed by atoms with E-state index in [0.717, 1.165) is 10.0 Å². The van der Waals surface area contributed by atoms with Crippen LogP contribution in [0.25, 0.3) is 0 Å². The number of nitro benzene ring substituents is 1. The highest BCUT2D eigenvalue weighted by molar-refractivity contribution is 9.10. The summed E-state index contributed by atoms with van der Waals surface area (Å²) in [6, 6.07) is 12.2. The maximum Gasteiger partial charge on any atom is 0.338 e. The third-order valence-electron chi connectivity index (χ3n) is 3.40. The summed E-state index contributed by atoms with van der Waals surface area (Å²) in [7, 11) is 0. The Balaban J connectivity index is 1.88. The van der Waals surface area contributed by atoms with Crippen LogP contribution in [0.3, 0.4) is 0 Å². The van der Waals surface area contributed by atoms with Crippen LogP contribution in [0.15, 0.2) is 53.0 Å². The minimum atomic E-state index is -0.724. The molecule has 8 heteroatoms. The Labute approximate surface area is 152 Å². The molecule has 1 amide bonds. The number of ether oxygens (including phenoxy) is 1. The number of nitro groups is 1. The highest BCUT2D eigenvalue weighted by Crippen LogP contribution is 2.22. The van der Waals surface area contributed by atoms with E-state index in [9.17, 15) is 19.7 Å². The van der Waals surface area contributed by atoms with Crippen LogP contribution in [0.1, 0.15) is 28.9 Å². The summed E-state index contributed by atoms with van der Waals surface area (Å²) in [6.07, 6.45) is 0. The van der Waals surface area contributed by atoms with E-state index in [1.54, 1.807) is 0 Å². The number of benzene rings is 2. The molecule has 1 N–H and O–H groups in total. The van der Waals surface area contributed by atoms with Gasteiger partial charge in [0.05, 0.1) is 16.5 Å². The standard InChI is InChI=1S/C17H15BrN2O5/c1-11(14-4-2-3-5-15(14)18)19-16(21)10-25-17(22)12-6-8-13(9-7-12)20(23)24/h2-9,11H,10H2,1H3,(H,19,21)/t11-/m0/s1. The molecule has 0 bridgehead atoms. The second kappa shape index (κ2) is 8.39. The quantitative estimate of drug-likeness (QED) is 0.450. The molecular weight excluding hydrogens is 392 g/mol. The molecule has 0 aliphatic carbocycles. The molecule has 1 atom stereocenters. The Kier molecular flexibility index (Phi) is 6.24. The first-order valence-electron chi connectivity index (χ1n) is 7.34. The molecule has 0 saturated carbocycles. The minimum absolute atomic E-state index is 0.128. The van der Waals surface area contributed by atoms with Crippen molar-refractivity contribution in [2.75, 3.05) is 6.61 Å². The van der Waals surface area contributed by atoms with E-state index in [-0.39, 0.29) is 17.3 Å². The average Bonchev–Trinajstić information content (AvgIpc) is 2.60. The maximum absolute atomic E-state index is 11.9. The van der Waals surface area contributed by atoms with E-state index < -0.39 is 23.4 Å². The van der Waals surface area contributed by atoms with Crippen LogP contribution in [-0.2, 0) is 9.53 Å². The molecule has 0 radical (unpaired) electrons. The summed E-state index contributed by atoms with van der Waals surface area (Å²) in [4.78, 5) is 33.8. The van der Waals surface area contributed by atoms with E-state index in [1.165, 1.54) is 24.3 Å². The van der Waals surface area contributed by atoms with Crippen molar-refractivity contribution in [3.8, 4) is 0 Å². The van der Waals surface area contributed by atoms with Crippen LogP contribution in [0.2, 0.25) is 0 Å². The number of carbonyl (C=O) groups excluding carboxylic acids is 2. The van der Waals surface area contributed by atoms with Crippen LogP contribution in [-0.4, -0.2) is 23.4 Å². The van der Waals surface area contributed by atoms with Gasteiger partial charge in [0, 0.05) is 16.6 Å². The third-order valence-corrected chi connectivity index (χ3v) is 4.12. The molecule has 0 saturated heterocycles. The van der Waals surface area contributed by atoms with Crippen molar-refractivity contribution in [2.24, 2.45) is 0 Å². The van der Waals surface area contributed by atoms with Gasteiger partial charge < -0.3 is 10.1 Å². The molecule has 0 fully saturated rings. The number of hydrogen-bond acceptors (Lipinski definition) is 5. The van der Waals surface area contributed by atoms with Gasteiger partial charge >= 0.3 is 5.97 Å². The number of nitrogens with zero attached hydrogens (tertiary/aromatic N) is 1. The van der Waals surface area contributed by atoms with Gasteiger partial charge in [-0.3, -0.25) is 14.9 Å². The van der Waals surface area contributed by atoms with Gasteiger partial charge in [-0.15, -0.1) is 0 Å². The van der Waals surface area contributed by atoms with E-state index in [0.29, 0.717) is 0 Å². The van der Waals surface area contributed by atoms with Crippen LogP contribution in [0, 0.1) is 10.1 Å². The number of nitrogens with one attached hydrogen (secondary N) is 1. The summed E-state index contributed by atoms with van der Waals surface area (Å²) in [5.74, 6) is -1.17. The van der Waals surface area contributed by atoms with Gasteiger partial charge in [-0.1, -0.05) is 34.1 Å². The largest absolute Gasteiger partial charge is 0.452 e. The highest BCUT2D eigenvalue weighted by Gasteiger charge is 2.15.